The summed E-state index contributed by atoms with van der Waals surface area (Å²) >= 11 is 0. The number of carbonyl (C=O) groups is 1. The molecule has 2 aromatic carbocycles. The highest BCUT2D eigenvalue weighted by molar-refractivity contribution is 7.92. The molecule has 0 heterocycles. The van der Waals surface area contributed by atoms with Crippen molar-refractivity contribution in [3.05, 3.63) is 65.2 Å². The van der Waals surface area contributed by atoms with Gasteiger partial charge in [0, 0.05) is 11.3 Å². The summed E-state index contributed by atoms with van der Waals surface area (Å²) in [4.78, 5) is 12.3. The van der Waals surface area contributed by atoms with Crippen molar-refractivity contribution in [3.8, 4) is 0 Å². The second-order valence-electron chi connectivity index (χ2n) is 5.69. The molecule has 128 valence electrons. The van der Waals surface area contributed by atoms with Gasteiger partial charge in [0.15, 0.2) is 0 Å². The SMILES string of the molecule is CCS(=O)(=O)Nc1ccc(C(=O)NC(C)c2ccc(C)cc2)cc1. The van der Waals surface area contributed by atoms with E-state index >= 15 is 0 Å². The van der Waals surface area contributed by atoms with E-state index < -0.39 is 10.0 Å². The fourth-order valence-corrected chi connectivity index (χ4v) is 2.80. The Kier molecular flexibility index (Phi) is 5.62. The van der Waals surface area contributed by atoms with Crippen molar-refractivity contribution >= 4 is 21.6 Å². The van der Waals surface area contributed by atoms with Crippen molar-refractivity contribution in [1.82, 2.24) is 5.32 Å². The van der Waals surface area contributed by atoms with Crippen molar-refractivity contribution in [2.75, 3.05) is 10.5 Å². The molecule has 2 rings (SSSR count). The van der Waals surface area contributed by atoms with Gasteiger partial charge in [-0.25, -0.2) is 8.42 Å². The van der Waals surface area contributed by atoms with Crippen LogP contribution in [0.2, 0.25) is 0 Å². The first-order chi connectivity index (χ1) is 11.3. The Morgan fingerprint density at radius 3 is 2.17 bits per heavy atom. The van der Waals surface area contributed by atoms with Crippen LogP contribution in [0.25, 0.3) is 0 Å². The van der Waals surface area contributed by atoms with Crippen LogP contribution in [0.15, 0.2) is 48.5 Å². The lowest BCUT2D eigenvalue weighted by molar-refractivity contribution is 0.0940. The third-order valence-corrected chi connectivity index (χ3v) is 5.03. The average Bonchev–Trinajstić information content (AvgIpc) is 2.55. The van der Waals surface area contributed by atoms with Crippen LogP contribution in [-0.2, 0) is 10.0 Å². The van der Waals surface area contributed by atoms with Crippen LogP contribution in [0.5, 0.6) is 0 Å². The van der Waals surface area contributed by atoms with Gasteiger partial charge >= 0.3 is 0 Å². The van der Waals surface area contributed by atoms with Crippen molar-refractivity contribution in [2.45, 2.75) is 26.8 Å². The molecular formula is C18H22N2O3S. The van der Waals surface area contributed by atoms with E-state index in [-0.39, 0.29) is 17.7 Å². The third kappa shape index (κ3) is 4.83. The van der Waals surface area contributed by atoms with Crippen LogP contribution in [-0.4, -0.2) is 20.1 Å². The highest BCUT2D eigenvalue weighted by atomic mass is 32.2. The highest BCUT2D eigenvalue weighted by Gasteiger charge is 2.12. The number of sulfonamides is 1. The Morgan fingerprint density at radius 1 is 1.04 bits per heavy atom. The monoisotopic (exact) mass is 346 g/mol. The fraction of sp³-hybridized carbons (Fsp3) is 0.278. The van der Waals surface area contributed by atoms with E-state index in [4.69, 9.17) is 0 Å². The van der Waals surface area contributed by atoms with Crippen LogP contribution in [0.1, 0.15) is 41.4 Å². The maximum absolute atomic E-state index is 12.3. The number of hydrogen-bond donors (Lipinski definition) is 2. The molecule has 0 radical (unpaired) electrons. The van der Waals surface area contributed by atoms with Gasteiger partial charge in [-0.3, -0.25) is 9.52 Å². The maximum Gasteiger partial charge on any atom is 0.251 e. The van der Waals surface area contributed by atoms with E-state index in [1.54, 1.807) is 31.2 Å². The van der Waals surface area contributed by atoms with E-state index in [2.05, 4.69) is 10.0 Å². The van der Waals surface area contributed by atoms with Gasteiger partial charge in [0.25, 0.3) is 5.91 Å². The third-order valence-electron chi connectivity index (χ3n) is 3.73. The van der Waals surface area contributed by atoms with Crippen LogP contribution in [0.3, 0.4) is 0 Å². The van der Waals surface area contributed by atoms with E-state index in [0.29, 0.717) is 11.3 Å². The Balaban J connectivity index is 2.03. The summed E-state index contributed by atoms with van der Waals surface area (Å²) in [5, 5.41) is 2.93. The van der Waals surface area contributed by atoms with Gasteiger partial charge in [-0.2, -0.15) is 0 Å². The molecule has 0 aliphatic heterocycles. The number of carbonyl (C=O) groups excluding carboxylic acids is 1. The lowest BCUT2D eigenvalue weighted by Gasteiger charge is -2.15. The standard InChI is InChI=1S/C18H22N2O3S/c1-4-24(22,23)20-17-11-9-16(10-12-17)18(21)19-14(3)15-7-5-13(2)6-8-15/h5-12,14,20H,4H2,1-3H3,(H,19,21). The van der Waals surface area contributed by atoms with Gasteiger partial charge in [-0.1, -0.05) is 29.8 Å². The quantitative estimate of drug-likeness (QED) is 0.843. The normalized spacial score (nSPS) is 12.5. The Hall–Kier alpha value is -2.34. The zero-order valence-electron chi connectivity index (χ0n) is 14.0. The van der Waals surface area contributed by atoms with Gasteiger partial charge in [0.05, 0.1) is 11.8 Å². The summed E-state index contributed by atoms with van der Waals surface area (Å²) in [6.45, 7) is 5.50. The molecule has 1 unspecified atom stereocenters. The molecular weight excluding hydrogens is 324 g/mol. The Morgan fingerprint density at radius 2 is 1.62 bits per heavy atom. The van der Waals surface area contributed by atoms with Crippen molar-refractivity contribution in [2.24, 2.45) is 0 Å². The van der Waals surface area contributed by atoms with Gasteiger partial charge in [-0.15, -0.1) is 0 Å². The minimum Gasteiger partial charge on any atom is -0.346 e. The Bertz CT molecular complexity index is 797. The van der Waals surface area contributed by atoms with E-state index in [0.717, 1.165) is 5.56 Å². The number of rotatable bonds is 6. The van der Waals surface area contributed by atoms with Crippen LogP contribution < -0.4 is 10.0 Å². The molecule has 24 heavy (non-hydrogen) atoms. The lowest BCUT2D eigenvalue weighted by Crippen LogP contribution is -2.26. The smallest absolute Gasteiger partial charge is 0.251 e. The number of nitrogens with one attached hydrogen (secondary N) is 2. The molecule has 0 saturated heterocycles. The Labute approximate surface area is 143 Å². The summed E-state index contributed by atoms with van der Waals surface area (Å²) in [6.07, 6.45) is 0. The zero-order chi connectivity index (χ0) is 17.7. The summed E-state index contributed by atoms with van der Waals surface area (Å²) in [6, 6.07) is 14.2. The van der Waals surface area contributed by atoms with E-state index in [1.807, 2.05) is 38.1 Å². The predicted octanol–water partition coefficient (Wildman–Crippen LogP) is 3.25. The summed E-state index contributed by atoms with van der Waals surface area (Å²) in [5.74, 6) is -0.198. The molecule has 0 aromatic heterocycles. The van der Waals surface area contributed by atoms with Crippen LogP contribution >= 0.6 is 0 Å². The van der Waals surface area contributed by atoms with Crippen molar-refractivity contribution in [3.63, 3.8) is 0 Å². The fourth-order valence-electron chi connectivity index (χ4n) is 2.16. The number of hydrogen-bond acceptors (Lipinski definition) is 3. The van der Waals surface area contributed by atoms with Gasteiger partial charge in [0.2, 0.25) is 10.0 Å². The molecule has 1 atom stereocenters. The van der Waals surface area contributed by atoms with Crippen LogP contribution in [0.4, 0.5) is 5.69 Å². The second kappa shape index (κ2) is 7.49. The molecule has 0 bridgehead atoms. The van der Waals surface area contributed by atoms with Crippen molar-refractivity contribution in [1.29, 1.82) is 0 Å². The van der Waals surface area contributed by atoms with Gasteiger partial charge in [0.1, 0.15) is 0 Å². The van der Waals surface area contributed by atoms with Gasteiger partial charge < -0.3 is 5.32 Å². The summed E-state index contributed by atoms with van der Waals surface area (Å²) < 4.78 is 25.5. The molecule has 0 saturated carbocycles. The molecule has 5 nitrogen and oxygen atoms in total. The molecule has 0 fully saturated rings. The number of amides is 1. The van der Waals surface area contributed by atoms with Crippen molar-refractivity contribution < 1.29 is 13.2 Å². The molecule has 2 aromatic rings. The second-order valence-corrected chi connectivity index (χ2v) is 7.70. The topological polar surface area (TPSA) is 75.3 Å². The molecule has 6 heteroatoms. The van der Waals surface area contributed by atoms with Crippen LogP contribution in [0, 0.1) is 6.92 Å². The summed E-state index contributed by atoms with van der Waals surface area (Å²) in [5.41, 5.74) is 3.12. The summed E-state index contributed by atoms with van der Waals surface area (Å²) in [7, 11) is -3.31. The first-order valence-corrected chi connectivity index (χ1v) is 9.44. The molecule has 2 N–H and O–H groups in total. The number of aryl methyl sites for hydroxylation is 1. The molecule has 0 aliphatic rings. The lowest BCUT2D eigenvalue weighted by atomic mass is 10.1. The minimum absolute atomic E-state index is 0.00328. The molecule has 0 aliphatic carbocycles. The average molecular weight is 346 g/mol. The van der Waals surface area contributed by atoms with E-state index in [1.165, 1.54) is 5.56 Å². The first-order valence-electron chi connectivity index (χ1n) is 7.78. The largest absolute Gasteiger partial charge is 0.346 e. The zero-order valence-corrected chi connectivity index (χ0v) is 14.9. The van der Waals surface area contributed by atoms with Gasteiger partial charge in [-0.05, 0) is 50.6 Å². The first kappa shape index (κ1) is 18.0. The maximum atomic E-state index is 12.3. The highest BCUT2D eigenvalue weighted by Crippen LogP contribution is 2.15. The van der Waals surface area contributed by atoms with E-state index in [9.17, 15) is 13.2 Å². The molecule has 0 spiro atoms. The number of anilines is 1. The number of benzene rings is 2. The predicted molar refractivity (Wildman–Crippen MR) is 96.6 cm³/mol. The minimum atomic E-state index is -3.31. The molecule has 1 amide bonds.